The molecule has 0 bridgehead atoms. The summed E-state index contributed by atoms with van der Waals surface area (Å²) in [5.74, 6) is -0.0997. The summed E-state index contributed by atoms with van der Waals surface area (Å²) in [7, 11) is 0. The first kappa shape index (κ1) is 18.4. The second-order valence-corrected chi connectivity index (χ2v) is 8.38. The van der Waals surface area contributed by atoms with Crippen LogP contribution in [0, 0.1) is 0 Å². The smallest absolute Gasteiger partial charge is 0.238 e. The average Bonchev–Trinajstić information content (AvgIpc) is 3.24. The van der Waals surface area contributed by atoms with Crippen molar-refractivity contribution < 1.29 is 4.79 Å². The molecule has 1 N–H and O–H groups in total. The summed E-state index contributed by atoms with van der Waals surface area (Å²) in [6.45, 7) is 1.75. The first-order chi connectivity index (χ1) is 12.1. The van der Waals surface area contributed by atoms with Crippen LogP contribution in [0.4, 0.5) is 5.69 Å². The van der Waals surface area contributed by atoms with Crippen LogP contribution in [-0.2, 0) is 17.9 Å². The van der Waals surface area contributed by atoms with Crippen molar-refractivity contribution in [2.75, 3.05) is 11.9 Å². The number of amides is 1. The van der Waals surface area contributed by atoms with Gasteiger partial charge in [-0.1, -0.05) is 35.3 Å². The lowest BCUT2D eigenvalue weighted by atomic mass is 10.3. The number of hydrogen-bond donors (Lipinski definition) is 1. The van der Waals surface area contributed by atoms with Gasteiger partial charge in [0.25, 0.3) is 0 Å². The van der Waals surface area contributed by atoms with E-state index in [1.165, 1.54) is 9.75 Å². The van der Waals surface area contributed by atoms with Crippen molar-refractivity contribution >= 4 is 57.5 Å². The summed E-state index contributed by atoms with van der Waals surface area (Å²) in [6, 6.07) is 13.3. The molecule has 3 aromatic rings. The van der Waals surface area contributed by atoms with Gasteiger partial charge in [0.05, 0.1) is 17.3 Å². The fraction of sp³-hybridized carbons (Fsp3) is 0.167. The molecule has 1 aromatic carbocycles. The second-order valence-electron chi connectivity index (χ2n) is 5.48. The monoisotopic (exact) mass is 410 g/mol. The van der Waals surface area contributed by atoms with Crippen LogP contribution in [-0.4, -0.2) is 17.4 Å². The van der Waals surface area contributed by atoms with Crippen molar-refractivity contribution in [2.24, 2.45) is 0 Å². The van der Waals surface area contributed by atoms with Gasteiger partial charge in [-0.05, 0) is 41.1 Å². The molecule has 3 rings (SSSR count). The normalized spacial score (nSPS) is 11.0. The molecule has 7 heteroatoms. The Kier molecular flexibility index (Phi) is 6.51. The second kappa shape index (κ2) is 8.83. The lowest BCUT2D eigenvalue weighted by Crippen LogP contribution is -2.32. The average molecular weight is 411 g/mol. The van der Waals surface area contributed by atoms with Crippen molar-refractivity contribution in [2.45, 2.75) is 13.1 Å². The zero-order valence-electron chi connectivity index (χ0n) is 13.2. The van der Waals surface area contributed by atoms with Crippen LogP contribution in [0.5, 0.6) is 0 Å². The van der Waals surface area contributed by atoms with E-state index in [9.17, 15) is 4.79 Å². The highest BCUT2D eigenvalue weighted by molar-refractivity contribution is 7.10. The molecule has 2 aromatic heterocycles. The number of anilines is 1. The van der Waals surface area contributed by atoms with E-state index in [-0.39, 0.29) is 12.5 Å². The zero-order valence-corrected chi connectivity index (χ0v) is 16.4. The number of nitrogens with zero attached hydrogens (tertiary/aromatic N) is 1. The molecule has 0 saturated carbocycles. The van der Waals surface area contributed by atoms with Gasteiger partial charge in [-0.3, -0.25) is 9.69 Å². The maximum atomic E-state index is 12.5. The lowest BCUT2D eigenvalue weighted by Gasteiger charge is -2.20. The summed E-state index contributed by atoms with van der Waals surface area (Å²) in [5.41, 5.74) is 0.572. The molecule has 0 saturated heterocycles. The van der Waals surface area contributed by atoms with Gasteiger partial charge in [-0.25, -0.2) is 0 Å². The molecule has 0 aliphatic carbocycles. The SMILES string of the molecule is O=C(CN(Cc1cccs1)Cc1cccs1)Nc1ccc(Cl)cc1Cl. The molecule has 0 fully saturated rings. The molecule has 2 heterocycles. The molecular weight excluding hydrogens is 395 g/mol. The fourth-order valence-electron chi connectivity index (χ4n) is 2.40. The van der Waals surface area contributed by atoms with Crippen molar-refractivity contribution in [1.29, 1.82) is 0 Å². The number of hydrogen-bond acceptors (Lipinski definition) is 4. The summed E-state index contributed by atoms with van der Waals surface area (Å²) in [5, 5.41) is 7.93. The Labute approximate surface area is 164 Å². The molecule has 1 amide bonds. The van der Waals surface area contributed by atoms with E-state index in [1.54, 1.807) is 40.9 Å². The van der Waals surface area contributed by atoms with Crippen LogP contribution in [0.2, 0.25) is 10.0 Å². The zero-order chi connectivity index (χ0) is 17.6. The number of halogens is 2. The molecule has 3 nitrogen and oxygen atoms in total. The predicted octanol–water partition coefficient (Wildman–Crippen LogP) is 5.76. The number of benzene rings is 1. The van der Waals surface area contributed by atoms with Crippen LogP contribution in [0.1, 0.15) is 9.75 Å². The topological polar surface area (TPSA) is 32.3 Å². The molecule has 0 aliphatic heterocycles. The number of rotatable bonds is 7. The maximum absolute atomic E-state index is 12.5. The lowest BCUT2D eigenvalue weighted by molar-refractivity contribution is -0.117. The highest BCUT2D eigenvalue weighted by Crippen LogP contribution is 2.25. The van der Waals surface area contributed by atoms with E-state index in [2.05, 4.69) is 22.3 Å². The quantitative estimate of drug-likeness (QED) is 0.536. The Hall–Kier alpha value is -1.37. The van der Waals surface area contributed by atoms with Crippen molar-refractivity contribution in [3.63, 3.8) is 0 Å². The molecule has 0 spiro atoms. The summed E-state index contributed by atoms with van der Waals surface area (Å²) >= 11 is 15.4. The standard InChI is InChI=1S/C18H16Cl2N2OS2/c19-13-5-6-17(16(20)9-13)21-18(23)12-22(10-14-3-1-7-24-14)11-15-4-2-8-25-15/h1-9H,10-12H2,(H,21,23). The van der Waals surface area contributed by atoms with E-state index in [4.69, 9.17) is 23.2 Å². The van der Waals surface area contributed by atoms with Crippen LogP contribution < -0.4 is 5.32 Å². The largest absolute Gasteiger partial charge is 0.324 e. The van der Waals surface area contributed by atoms with Gasteiger partial charge in [0.15, 0.2) is 0 Å². The fourth-order valence-corrected chi connectivity index (χ4v) is 4.35. The molecular formula is C18H16Cl2N2OS2. The van der Waals surface area contributed by atoms with Crippen LogP contribution in [0.25, 0.3) is 0 Å². The van der Waals surface area contributed by atoms with Gasteiger partial charge in [0.1, 0.15) is 0 Å². The Morgan fingerprint density at radius 1 is 1.00 bits per heavy atom. The van der Waals surface area contributed by atoms with Crippen LogP contribution in [0.15, 0.2) is 53.2 Å². The van der Waals surface area contributed by atoms with E-state index in [0.717, 1.165) is 13.1 Å². The number of nitrogens with one attached hydrogen (secondary N) is 1. The van der Waals surface area contributed by atoms with Crippen molar-refractivity contribution in [3.05, 3.63) is 73.0 Å². The highest BCUT2D eigenvalue weighted by Gasteiger charge is 2.14. The maximum Gasteiger partial charge on any atom is 0.238 e. The number of carbonyl (C=O) groups excluding carboxylic acids is 1. The Balaban J connectivity index is 1.66. The number of carbonyl (C=O) groups is 1. The Morgan fingerprint density at radius 2 is 1.64 bits per heavy atom. The third-order valence-electron chi connectivity index (χ3n) is 3.49. The van der Waals surface area contributed by atoms with Crippen LogP contribution in [0.3, 0.4) is 0 Å². The summed E-state index contributed by atoms with van der Waals surface area (Å²) < 4.78 is 0. The molecule has 0 radical (unpaired) electrons. The van der Waals surface area contributed by atoms with E-state index >= 15 is 0 Å². The van der Waals surface area contributed by atoms with Gasteiger partial charge >= 0.3 is 0 Å². The molecule has 130 valence electrons. The molecule has 0 aliphatic rings. The molecule has 0 unspecified atom stereocenters. The number of thiophene rings is 2. The van der Waals surface area contributed by atoms with Crippen LogP contribution >= 0.6 is 45.9 Å². The van der Waals surface area contributed by atoms with Crippen molar-refractivity contribution in [1.82, 2.24) is 4.90 Å². The Morgan fingerprint density at radius 3 is 2.16 bits per heavy atom. The first-order valence-corrected chi connectivity index (χ1v) is 10.1. The third-order valence-corrected chi connectivity index (χ3v) is 5.76. The minimum atomic E-state index is -0.0997. The summed E-state index contributed by atoms with van der Waals surface area (Å²) in [4.78, 5) is 17.1. The first-order valence-electron chi connectivity index (χ1n) is 7.62. The summed E-state index contributed by atoms with van der Waals surface area (Å²) in [6.07, 6.45) is 0. The molecule has 0 atom stereocenters. The minimum absolute atomic E-state index is 0.0997. The third kappa shape index (κ3) is 5.56. The van der Waals surface area contributed by atoms with E-state index in [1.807, 2.05) is 22.9 Å². The van der Waals surface area contributed by atoms with Gasteiger partial charge in [0.2, 0.25) is 5.91 Å². The van der Waals surface area contributed by atoms with Gasteiger partial charge in [-0.15, -0.1) is 22.7 Å². The van der Waals surface area contributed by atoms with Gasteiger partial charge in [0, 0.05) is 27.9 Å². The predicted molar refractivity (Wildman–Crippen MR) is 108 cm³/mol. The van der Waals surface area contributed by atoms with E-state index in [0.29, 0.717) is 15.7 Å². The molecule has 25 heavy (non-hydrogen) atoms. The van der Waals surface area contributed by atoms with E-state index < -0.39 is 0 Å². The highest BCUT2D eigenvalue weighted by atomic mass is 35.5. The minimum Gasteiger partial charge on any atom is -0.324 e. The van der Waals surface area contributed by atoms with Gasteiger partial charge in [-0.2, -0.15) is 0 Å². The van der Waals surface area contributed by atoms with Crippen molar-refractivity contribution in [3.8, 4) is 0 Å². The Bertz CT molecular complexity index is 783. The van der Waals surface area contributed by atoms with Gasteiger partial charge < -0.3 is 5.32 Å².